The number of likely N-dealkylation sites (tertiary alicyclic amines) is 1. The normalized spacial score (nSPS) is 20.7. The Labute approximate surface area is 147 Å². The highest BCUT2D eigenvalue weighted by molar-refractivity contribution is 6.21. The number of hydrogen-bond donors (Lipinski definition) is 0. The van der Waals surface area contributed by atoms with Gasteiger partial charge in [-0.25, -0.2) is 0 Å². The molecule has 0 spiro atoms. The SMILES string of the molecule is CCOC(=O)C1CCCN(CCCN2C(=O)c3ccccc3C2=O)C1. The van der Waals surface area contributed by atoms with Crippen LogP contribution in [0.4, 0.5) is 0 Å². The monoisotopic (exact) mass is 344 g/mol. The Balaban J connectivity index is 1.50. The van der Waals surface area contributed by atoms with Crippen molar-refractivity contribution in [3.8, 4) is 0 Å². The van der Waals surface area contributed by atoms with Crippen LogP contribution in [0.3, 0.4) is 0 Å². The molecular weight excluding hydrogens is 320 g/mol. The third-order valence-corrected chi connectivity index (χ3v) is 4.86. The van der Waals surface area contributed by atoms with Crippen LogP contribution >= 0.6 is 0 Å². The Hall–Kier alpha value is -2.21. The summed E-state index contributed by atoms with van der Waals surface area (Å²) in [7, 11) is 0. The van der Waals surface area contributed by atoms with E-state index in [1.54, 1.807) is 24.3 Å². The zero-order valence-electron chi connectivity index (χ0n) is 14.6. The lowest BCUT2D eigenvalue weighted by Gasteiger charge is -2.31. The van der Waals surface area contributed by atoms with Crippen molar-refractivity contribution in [3.05, 3.63) is 35.4 Å². The Bertz CT molecular complexity index is 638. The van der Waals surface area contributed by atoms with Gasteiger partial charge in [-0.2, -0.15) is 0 Å². The molecule has 1 aromatic rings. The lowest BCUT2D eigenvalue weighted by molar-refractivity contribution is -0.149. The molecule has 134 valence electrons. The van der Waals surface area contributed by atoms with Crippen molar-refractivity contribution >= 4 is 17.8 Å². The minimum absolute atomic E-state index is 0.0620. The first-order valence-electron chi connectivity index (χ1n) is 8.96. The van der Waals surface area contributed by atoms with Gasteiger partial charge >= 0.3 is 5.97 Å². The van der Waals surface area contributed by atoms with Crippen LogP contribution < -0.4 is 0 Å². The van der Waals surface area contributed by atoms with Gasteiger partial charge in [-0.05, 0) is 51.4 Å². The Morgan fingerprint density at radius 3 is 2.48 bits per heavy atom. The molecule has 1 atom stereocenters. The van der Waals surface area contributed by atoms with Crippen molar-refractivity contribution in [2.24, 2.45) is 5.92 Å². The van der Waals surface area contributed by atoms with Gasteiger partial charge in [0.2, 0.25) is 0 Å². The molecule has 6 nitrogen and oxygen atoms in total. The van der Waals surface area contributed by atoms with E-state index in [0.29, 0.717) is 37.2 Å². The summed E-state index contributed by atoms with van der Waals surface area (Å²) in [6.07, 6.45) is 2.55. The number of benzene rings is 1. The predicted octanol–water partition coefficient (Wildman–Crippen LogP) is 1.95. The van der Waals surface area contributed by atoms with Crippen molar-refractivity contribution < 1.29 is 19.1 Å². The summed E-state index contributed by atoms with van der Waals surface area (Å²) in [6.45, 7) is 5.05. The Morgan fingerprint density at radius 1 is 1.16 bits per heavy atom. The summed E-state index contributed by atoms with van der Waals surface area (Å²) in [6, 6.07) is 6.95. The maximum atomic E-state index is 12.3. The second kappa shape index (κ2) is 7.78. The van der Waals surface area contributed by atoms with E-state index in [-0.39, 0.29) is 23.7 Å². The first kappa shape index (κ1) is 17.6. The van der Waals surface area contributed by atoms with Crippen molar-refractivity contribution in [3.63, 3.8) is 0 Å². The Morgan fingerprint density at radius 2 is 1.84 bits per heavy atom. The molecule has 0 radical (unpaired) electrons. The molecule has 1 saturated heterocycles. The van der Waals surface area contributed by atoms with Gasteiger partial charge in [0, 0.05) is 13.1 Å². The zero-order valence-corrected chi connectivity index (χ0v) is 14.6. The second-order valence-corrected chi connectivity index (χ2v) is 6.55. The number of hydrogen-bond acceptors (Lipinski definition) is 5. The molecule has 2 aliphatic heterocycles. The molecule has 0 saturated carbocycles. The minimum Gasteiger partial charge on any atom is -0.466 e. The van der Waals surface area contributed by atoms with E-state index in [1.165, 1.54) is 4.90 Å². The average Bonchev–Trinajstić information content (AvgIpc) is 2.87. The number of esters is 1. The molecule has 1 fully saturated rings. The molecule has 0 bridgehead atoms. The van der Waals surface area contributed by atoms with Gasteiger partial charge in [0.15, 0.2) is 0 Å². The first-order chi connectivity index (χ1) is 12.1. The van der Waals surface area contributed by atoms with E-state index in [4.69, 9.17) is 4.74 Å². The van der Waals surface area contributed by atoms with Crippen LogP contribution in [-0.4, -0.2) is 60.4 Å². The molecular formula is C19H24N2O4. The van der Waals surface area contributed by atoms with Gasteiger partial charge in [0.05, 0.1) is 23.7 Å². The molecule has 3 rings (SSSR count). The van der Waals surface area contributed by atoms with Gasteiger partial charge in [0.25, 0.3) is 11.8 Å². The van der Waals surface area contributed by atoms with Crippen molar-refractivity contribution in [1.82, 2.24) is 9.80 Å². The fourth-order valence-electron chi connectivity index (χ4n) is 3.61. The maximum Gasteiger partial charge on any atom is 0.310 e. The van der Waals surface area contributed by atoms with Gasteiger partial charge in [-0.15, -0.1) is 0 Å². The van der Waals surface area contributed by atoms with Gasteiger partial charge in [-0.3, -0.25) is 19.3 Å². The largest absolute Gasteiger partial charge is 0.466 e. The molecule has 0 N–H and O–H groups in total. The number of piperidine rings is 1. The number of fused-ring (bicyclic) bond motifs is 1. The molecule has 25 heavy (non-hydrogen) atoms. The van der Waals surface area contributed by atoms with Crippen LogP contribution in [0.2, 0.25) is 0 Å². The predicted molar refractivity (Wildman–Crippen MR) is 92.2 cm³/mol. The van der Waals surface area contributed by atoms with E-state index < -0.39 is 0 Å². The number of carbonyl (C=O) groups is 3. The van der Waals surface area contributed by atoms with Crippen LogP contribution in [0.15, 0.2) is 24.3 Å². The number of ether oxygens (including phenoxy) is 1. The van der Waals surface area contributed by atoms with Crippen molar-refractivity contribution in [2.45, 2.75) is 26.2 Å². The highest BCUT2D eigenvalue weighted by atomic mass is 16.5. The summed E-state index contributed by atoms with van der Waals surface area (Å²) in [4.78, 5) is 40.1. The quantitative estimate of drug-likeness (QED) is 0.583. The van der Waals surface area contributed by atoms with Gasteiger partial charge < -0.3 is 9.64 Å². The molecule has 6 heteroatoms. The summed E-state index contributed by atoms with van der Waals surface area (Å²) in [5, 5.41) is 0. The number of nitrogens with zero attached hydrogens (tertiary/aromatic N) is 2. The van der Waals surface area contributed by atoms with Crippen LogP contribution in [0.1, 0.15) is 46.9 Å². The fourth-order valence-corrected chi connectivity index (χ4v) is 3.61. The van der Waals surface area contributed by atoms with Crippen molar-refractivity contribution in [2.75, 3.05) is 32.8 Å². The highest BCUT2D eigenvalue weighted by Gasteiger charge is 2.34. The second-order valence-electron chi connectivity index (χ2n) is 6.55. The van der Waals surface area contributed by atoms with Gasteiger partial charge in [0.1, 0.15) is 0 Å². The number of carbonyl (C=O) groups excluding carboxylic acids is 3. The third kappa shape index (κ3) is 3.74. The molecule has 0 aromatic heterocycles. The molecule has 0 aliphatic carbocycles. The first-order valence-corrected chi connectivity index (χ1v) is 8.96. The summed E-state index contributed by atoms with van der Waals surface area (Å²) >= 11 is 0. The number of amides is 2. The van der Waals surface area contributed by atoms with Crippen molar-refractivity contribution in [1.29, 1.82) is 0 Å². The van der Waals surface area contributed by atoms with E-state index in [1.807, 2.05) is 6.92 Å². The van der Waals surface area contributed by atoms with Gasteiger partial charge in [-0.1, -0.05) is 12.1 Å². The van der Waals surface area contributed by atoms with Crippen LogP contribution in [0.25, 0.3) is 0 Å². The maximum absolute atomic E-state index is 12.3. The smallest absolute Gasteiger partial charge is 0.310 e. The highest BCUT2D eigenvalue weighted by Crippen LogP contribution is 2.23. The van der Waals surface area contributed by atoms with Crippen LogP contribution in [0.5, 0.6) is 0 Å². The molecule has 1 aromatic carbocycles. The summed E-state index contributed by atoms with van der Waals surface area (Å²) in [5.74, 6) is -0.590. The third-order valence-electron chi connectivity index (χ3n) is 4.86. The standard InChI is InChI=1S/C19H24N2O4/c1-2-25-19(24)14-7-5-10-20(13-14)11-6-12-21-17(22)15-8-3-4-9-16(15)18(21)23/h3-4,8-9,14H,2,5-7,10-13H2,1H3. The molecule has 1 unspecified atom stereocenters. The molecule has 2 aliphatic rings. The van der Waals surface area contributed by atoms with E-state index in [2.05, 4.69) is 4.90 Å². The molecule has 2 amide bonds. The van der Waals surface area contributed by atoms with E-state index >= 15 is 0 Å². The lowest BCUT2D eigenvalue weighted by atomic mass is 9.98. The van der Waals surface area contributed by atoms with Crippen LogP contribution in [-0.2, 0) is 9.53 Å². The summed E-state index contributed by atoms with van der Waals surface area (Å²) < 4.78 is 5.12. The number of rotatable bonds is 6. The summed E-state index contributed by atoms with van der Waals surface area (Å²) in [5.41, 5.74) is 0.987. The fraction of sp³-hybridized carbons (Fsp3) is 0.526. The van der Waals surface area contributed by atoms with E-state index in [9.17, 15) is 14.4 Å². The van der Waals surface area contributed by atoms with E-state index in [0.717, 1.165) is 25.9 Å². The molecule has 2 heterocycles. The lowest BCUT2D eigenvalue weighted by Crippen LogP contribution is -2.41. The number of imide groups is 1. The average molecular weight is 344 g/mol. The zero-order chi connectivity index (χ0) is 17.8. The minimum atomic E-state index is -0.205. The van der Waals surface area contributed by atoms with Crippen LogP contribution in [0, 0.1) is 5.92 Å². The Kier molecular flexibility index (Phi) is 5.48. The topological polar surface area (TPSA) is 66.9 Å².